The predicted octanol–water partition coefficient (Wildman–Crippen LogP) is 4.82. The highest BCUT2D eigenvalue weighted by molar-refractivity contribution is 5.95. The van der Waals surface area contributed by atoms with Crippen LogP contribution in [0, 0.1) is 13.8 Å². The van der Waals surface area contributed by atoms with Crippen molar-refractivity contribution in [3.63, 3.8) is 0 Å². The van der Waals surface area contributed by atoms with Crippen LogP contribution in [-0.4, -0.2) is 13.0 Å². The molecule has 0 aliphatic rings. The van der Waals surface area contributed by atoms with Crippen LogP contribution in [0.25, 0.3) is 0 Å². The number of amides is 1. The highest BCUT2D eigenvalue weighted by Crippen LogP contribution is 2.29. The molecule has 4 nitrogen and oxygen atoms in total. The highest BCUT2D eigenvalue weighted by atomic mass is 16.5. The molecule has 0 aromatic heterocycles. The lowest BCUT2D eigenvalue weighted by Crippen LogP contribution is -2.23. The number of carbonyl (C=O) groups is 1. The van der Waals surface area contributed by atoms with Gasteiger partial charge in [0.25, 0.3) is 5.91 Å². The molecule has 0 fully saturated rings. The Hall–Kier alpha value is -3.27. The molecule has 0 aliphatic heterocycles. The van der Waals surface area contributed by atoms with E-state index in [4.69, 9.17) is 9.47 Å². The molecular formula is C24H25NO3. The SMILES string of the molecule is COc1cc(CNC(=O)c2cccc(C)c2C)ccc1OCc1ccccc1. The van der Waals surface area contributed by atoms with Gasteiger partial charge in [0.2, 0.25) is 0 Å². The molecule has 1 amide bonds. The van der Waals surface area contributed by atoms with Gasteiger partial charge in [-0.3, -0.25) is 4.79 Å². The molecule has 0 atom stereocenters. The summed E-state index contributed by atoms with van der Waals surface area (Å²) in [5, 5.41) is 2.98. The predicted molar refractivity (Wildman–Crippen MR) is 111 cm³/mol. The lowest BCUT2D eigenvalue weighted by Gasteiger charge is -2.13. The normalized spacial score (nSPS) is 10.4. The van der Waals surface area contributed by atoms with Gasteiger partial charge in [-0.05, 0) is 54.3 Å². The molecule has 0 radical (unpaired) electrons. The van der Waals surface area contributed by atoms with E-state index in [0.717, 1.165) is 22.3 Å². The van der Waals surface area contributed by atoms with Crippen molar-refractivity contribution in [2.45, 2.75) is 27.0 Å². The van der Waals surface area contributed by atoms with Crippen molar-refractivity contribution in [1.29, 1.82) is 0 Å². The number of nitrogens with one attached hydrogen (secondary N) is 1. The van der Waals surface area contributed by atoms with Gasteiger partial charge in [-0.25, -0.2) is 0 Å². The maximum absolute atomic E-state index is 12.5. The van der Waals surface area contributed by atoms with Crippen LogP contribution in [0.4, 0.5) is 0 Å². The fraction of sp³-hybridized carbons (Fsp3) is 0.208. The van der Waals surface area contributed by atoms with Gasteiger partial charge in [0.15, 0.2) is 11.5 Å². The molecule has 3 rings (SSSR count). The van der Waals surface area contributed by atoms with Crippen molar-refractivity contribution in [3.8, 4) is 11.5 Å². The molecule has 0 aliphatic carbocycles. The summed E-state index contributed by atoms with van der Waals surface area (Å²) in [7, 11) is 1.61. The molecule has 3 aromatic carbocycles. The average Bonchev–Trinajstić information content (AvgIpc) is 2.73. The van der Waals surface area contributed by atoms with Gasteiger partial charge >= 0.3 is 0 Å². The molecule has 0 unspecified atom stereocenters. The second kappa shape index (κ2) is 9.09. The first-order chi connectivity index (χ1) is 13.6. The number of rotatable bonds is 7. The summed E-state index contributed by atoms with van der Waals surface area (Å²) < 4.78 is 11.3. The minimum absolute atomic E-state index is 0.0791. The van der Waals surface area contributed by atoms with E-state index in [9.17, 15) is 4.79 Å². The molecule has 0 saturated carbocycles. The Balaban J connectivity index is 1.65. The van der Waals surface area contributed by atoms with Crippen molar-refractivity contribution >= 4 is 5.91 Å². The van der Waals surface area contributed by atoms with E-state index in [2.05, 4.69) is 5.32 Å². The first-order valence-electron chi connectivity index (χ1n) is 9.26. The van der Waals surface area contributed by atoms with Crippen LogP contribution < -0.4 is 14.8 Å². The third kappa shape index (κ3) is 4.71. The summed E-state index contributed by atoms with van der Waals surface area (Å²) in [6, 6.07) is 21.4. The zero-order valence-corrected chi connectivity index (χ0v) is 16.5. The maximum Gasteiger partial charge on any atom is 0.251 e. The number of ether oxygens (including phenoxy) is 2. The molecule has 144 valence electrons. The van der Waals surface area contributed by atoms with Gasteiger partial charge in [0, 0.05) is 12.1 Å². The Bertz CT molecular complexity index is 951. The molecule has 28 heavy (non-hydrogen) atoms. The van der Waals surface area contributed by atoms with Crippen LogP contribution >= 0.6 is 0 Å². The summed E-state index contributed by atoms with van der Waals surface area (Å²) in [6.45, 7) is 4.86. The first kappa shape index (κ1) is 19.5. The quantitative estimate of drug-likeness (QED) is 0.644. The second-order valence-electron chi connectivity index (χ2n) is 6.69. The van der Waals surface area contributed by atoms with E-state index >= 15 is 0 Å². The van der Waals surface area contributed by atoms with E-state index in [1.807, 2.05) is 80.6 Å². The Morgan fingerprint density at radius 1 is 0.893 bits per heavy atom. The summed E-state index contributed by atoms with van der Waals surface area (Å²) in [6.07, 6.45) is 0. The van der Waals surface area contributed by atoms with Gasteiger partial charge in [-0.1, -0.05) is 48.5 Å². The Morgan fingerprint density at radius 2 is 1.68 bits per heavy atom. The number of carbonyl (C=O) groups excluding carboxylic acids is 1. The molecule has 0 bridgehead atoms. The van der Waals surface area contributed by atoms with Crippen molar-refractivity contribution in [2.75, 3.05) is 7.11 Å². The Morgan fingerprint density at radius 3 is 2.43 bits per heavy atom. The smallest absolute Gasteiger partial charge is 0.251 e. The first-order valence-corrected chi connectivity index (χ1v) is 9.26. The topological polar surface area (TPSA) is 47.6 Å². The third-order valence-electron chi connectivity index (χ3n) is 4.77. The summed E-state index contributed by atoms with van der Waals surface area (Å²) in [4.78, 5) is 12.5. The van der Waals surface area contributed by atoms with E-state index in [1.54, 1.807) is 7.11 Å². The second-order valence-corrected chi connectivity index (χ2v) is 6.69. The summed E-state index contributed by atoms with van der Waals surface area (Å²) >= 11 is 0. The summed E-state index contributed by atoms with van der Waals surface area (Å²) in [5.41, 5.74) is 4.85. The van der Waals surface area contributed by atoms with E-state index in [-0.39, 0.29) is 5.91 Å². The van der Waals surface area contributed by atoms with Crippen LogP contribution in [0.3, 0.4) is 0 Å². The number of hydrogen-bond donors (Lipinski definition) is 1. The standard InChI is InChI=1S/C24H25NO3/c1-17-8-7-11-21(18(17)2)24(26)25-15-20-12-13-22(23(14-20)27-3)28-16-19-9-5-4-6-10-19/h4-14H,15-16H2,1-3H3,(H,25,26). The molecule has 0 heterocycles. The molecule has 0 spiro atoms. The number of hydrogen-bond acceptors (Lipinski definition) is 3. The molecule has 3 aromatic rings. The lowest BCUT2D eigenvalue weighted by atomic mass is 10.0. The summed E-state index contributed by atoms with van der Waals surface area (Å²) in [5.74, 6) is 1.25. The van der Waals surface area contributed by atoms with E-state index < -0.39 is 0 Å². The van der Waals surface area contributed by atoms with Crippen molar-refractivity contribution in [2.24, 2.45) is 0 Å². The highest BCUT2D eigenvalue weighted by Gasteiger charge is 2.11. The fourth-order valence-corrected chi connectivity index (χ4v) is 2.95. The number of methoxy groups -OCH3 is 1. The van der Waals surface area contributed by atoms with E-state index in [0.29, 0.717) is 30.2 Å². The van der Waals surface area contributed by atoms with Crippen LogP contribution in [-0.2, 0) is 13.2 Å². The Kier molecular flexibility index (Phi) is 6.33. The minimum atomic E-state index is -0.0791. The Labute approximate surface area is 166 Å². The monoisotopic (exact) mass is 375 g/mol. The average molecular weight is 375 g/mol. The van der Waals surface area contributed by atoms with Crippen LogP contribution in [0.15, 0.2) is 66.7 Å². The van der Waals surface area contributed by atoms with Crippen molar-refractivity contribution in [3.05, 3.63) is 94.5 Å². The van der Waals surface area contributed by atoms with Crippen LogP contribution in [0.1, 0.15) is 32.6 Å². The van der Waals surface area contributed by atoms with Crippen LogP contribution in [0.2, 0.25) is 0 Å². The molecule has 1 N–H and O–H groups in total. The van der Waals surface area contributed by atoms with Gasteiger partial charge < -0.3 is 14.8 Å². The fourth-order valence-electron chi connectivity index (χ4n) is 2.95. The van der Waals surface area contributed by atoms with Crippen molar-refractivity contribution in [1.82, 2.24) is 5.32 Å². The zero-order valence-electron chi connectivity index (χ0n) is 16.5. The van der Waals surface area contributed by atoms with Crippen LogP contribution in [0.5, 0.6) is 11.5 Å². The minimum Gasteiger partial charge on any atom is -0.493 e. The van der Waals surface area contributed by atoms with Gasteiger partial charge in [0.1, 0.15) is 6.61 Å². The number of benzene rings is 3. The molecular weight excluding hydrogens is 350 g/mol. The number of aryl methyl sites for hydroxylation is 1. The molecule has 4 heteroatoms. The molecule has 0 saturated heterocycles. The van der Waals surface area contributed by atoms with Gasteiger partial charge in [-0.2, -0.15) is 0 Å². The lowest BCUT2D eigenvalue weighted by molar-refractivity contribution is 0.0950. The zero-order chi connectivity index (χ0) is 19.9. The van der Waals surface area contributed by atoms with E-state index in [1.165, 1.54) is 0 Å². The van der Waals surface area contributed by atoms with Crippen molar-refractivity contribution < 1.29 is 14.3 Å². The third-order valence-corrected chi connectivity index (χ3v) is 4.77. The van der Waals surface area contributed by atoms with Gasteiger partial charge in [0.05, 0.1) is 7.11 Å². The maximum atomic E-state index is 12.5. The van der Waals surface area contributed by atoms with Gasteiger partial charge in [-0.15, -0.1) is 0 Å². The largest absolute Gasteiger partial charge is 0.493 e.